The van der Waals surface area contributed by atoms with Crippen LogP contribution in [0.15, 0.2) is 30.3 Å². The molecule has 1 aromatic rings. The number of nitrogens with zero attached hydrogens (tertiary/aromatic N) is 2. The summed E-state index contributed by atoms with van der Waals surface area (Å²) in [5.41, 5.74) is 6.21. The molecule has 2 atom stereocenters. The summed E-state index contributed by atoms with van der Waals surface area (Å²) >= 11 is 0. The third-order valence-electron chi connectivity index (χ3n) is 3.83. The van der Waals surface area contributed by atoms with Gasteiger partial charge in [0.2, 0.25) is 11.8 Å². The monoisotopic (exact) mass is 319 g/mol. The predicted octanol–water partition coefficient (Wildman–Crippen LogP) is 1.00. The zero-order valence-electron chi connectivity index (χ0n) is 13.9. The quantitative estimate of drug-likeness (QED) is 0.878. The van der Waals surface area contributed by atoms with E-state index in [2.05, 4.69) is 0 Å². The Labute approximate surface area is 137 Å². The van der Waals surface area contributed by atoms with Crippen molar-refractivity contribution in [2.24, 2.45) is 5.73 Å². The second kappa shape index (κ2) is 7.57. The lowest BCUT2D eigenvalue weighted by Gasteiger charge is -2.36. The van der Waals surface area contributed by atoms with Gasteiger partial charge in [-0.15, -0.1) is 0 Å². The Hall–Kier alpha value is -1.92. The van der Waals surface area contributed by atoms with E-state index >= 15 is 0 Å². The van der Waals surface area contributed by atoms with Crippen molar-refractivity contribution in [3.63, 3.8) is 0 Å². The molecule has 6 heteroatoms. The first-order valence-corrected chi connectivity index (χ1v) is 7.92. The largest absolute Gasteiger partial charge is 0.367 e. The van der Waals surface area contributed by atoms with Gasteiger partial charge in [-0.2, -0.15) is 0 Å². The van der Waals surface area contributed by atoms with Gasteiger partial charge in [0.05, 0.1) is 12.6 Å². The first-order valence-electron chi connectivity index (χ1n) is 7.92. The van der Waals surface area contributed by atoms with Crippen LogP contribution in [0.2, 0.25) is 0 Å². The molecule has 2 amide bonds. The van der Waals surface area contributed by atoms with Crippen LogP contribution in [0, 0.1) is 0 Å². The zero-order chi connectivity index (χ0) is 17.0. The Morgan fingerprint density at radius 3 is 2.52 bits per heavy atom. The molecule has 126 valence electrons. The number of ether oxygens (including phenoxy) is 1. The van der Waals surface area contributed by atoms with E-state index in [1.807, 2.05) is 56.0 Å². The summed E-state index contributed by atoms with van der Waals surface area (Å²) in [5.74, 6) is -0.485. The fraction of sp³-hybridized carbons (Fsp3) is 0.529. The number of carbonyl (C=O) groups is 2. The van der Waals surface area contributed by atoms with Crippen molar-refractivity contribution in [3.8, 4) is 0 Å². The second-order valence-electron chi connectivity index (χ2n) is 6.22. The molecular weight excluding hydrogens is 294 g/mol. The third-order valence-corrected chi connectivity index (χ3v) is 3.83. The highest BCUT2D eigenvalue weighted by Gasteiger charge is 2.31. The van der Waals surface area contributed by atoms with Crippen molar-refractivity contribution < 1.29 is 14.3 Å². The molecule has 0 spiro atoms. The molecule has 0 radical (unpaired) electrons. The van der Waals surface area contributed by atoms with Gasteiger partial charge in [-0.25, -0.2) is 0 Å². The molecule has 1 heterocycles. The Morgan fingerprint density at radius 1 is 1.30 bits per heavy atom. The molecule has 2 rings (SSSR count). The van der Waals surface area contributed by atoms with Crippen LogP contribution >= 0.6 is 0 Å². The van der Waals surface area contributed by atoms with Crippen molar-refractivity contribution >= 4 is 17.5 Å². The number of morpholine rings is 1. The minimum Gasteiger partial charge on any atom is -0.367 e. The van der Waals surface area contributed by atoms with Gasteiger partial charge in [0.15, 0.2) is 0 Å². The SMILES string of the molecule is CC(C)N(C(=O)CN1CC(C(N)=O)O[C@H](C)C1)c1ccccc1. The van der Waals surface area contributed by atoms with Gasteiger partial charge in [-0.1, -0.05) is 18.2 Å². The van der Waals surface area contributed by atoms with E-state index in [9.17, 15) is 9.59 Å². The summed E-state index contributed by atoms with van der Waals surface area (Å²) in [6, 6.07) is 9.65. The smallest absolute Gasteiger partial charge is 0.247 e. The Bertz CT molecular complexity index is 547. The number of rotatable bonds is 5. The van der Waals surface area contributed by atoms with E-state index in [0.29, 0.717) is 13.1 Å². The number of anilines is 1. The summed E-state index contributed by atoms with van der Waals surface area (Å²) < 4.78 is 5.51. The molecular formula is C17H25N3O3. The highest BCUT2D eigenvalue weighted by molar-refractivity contribution is 5.95. The molecule has 0 aromatic heterocycles. The van der Waals surface area contributed by atoms with Crippen LogP contribution in [0.4, 0.5) is 5.69 Å². The van der Waals surface area contributed by atoms with Crippen LogP contribution in [-0.4, -0.2) is 54.6 Å². The summed E-state index contributed by atoms with van der Waals surface area (Å²) in [6.07, 6.45) is -0.783. The molecule has 1 aliphatic rings. The van der Waals surface area contributed by atoms with Gasteiger partial charge in [-0.05, 0) is 32.9 Å². The number of amides is 2. The van der Waals surface area contributed by atoms with Crippen LogP contribution < -0.4 is 10.6 Å². The van der Waals surface area contributed by atoms with Gasteiger partial charge in [0.25, 0.3) is 0 Å². The van der Waals surface area contributed by atoms with Crippen molar-refractivity contribution in [2.45, 2.75) is 39.0 Å². The zero-order valence-corrected chi connectivity index (χ0v) is 13.9. The van der Waals surface area contributed by atoms with E-state index in [4.69, 9.17) is 10.5 Å². The molecule has 0 saturated carbocycles. The maximum absolute atomic E-state index is 12.8. The minimum absolute atomic E-state index is 0.00326. The molecule has 0 bridgehead atoms. The molecule has 0 aliphatic carbocycles. The number of hydrogen-bond acceptors (Lipinski definition) is 4. The standard InChI is InChI=1S/C17H25N3O3/c1-12(2)20(14-7-5-4-6-8-14)16(21)11-19-9-13(3)23-15(10-19)17(18)22/h4-8,12-13,15H,9-11H2,1-3H3,(H2,18,22)/t13-,15?/m1/s1. The van der Waals surface area contributed by atoms with Crippen LogP contribution in [0.5, 0.6) is 0 Å². The molecule has 1 aliphatic heterocycles. The Balaban J connectivity index is 2.08. The number of para-hydroxylation sites is 1. The van der Waals surface area contributed by atoms with Crippen molar-refractivity contribution in [1.82, 2.24) is 4.90 Å². The van der Waals surface area contributed by atoms with Gasteiger partial charge < -0.3 is 15.4 Å². The van der Waals surface area contributed by atoms with E-state index < -0.39 is 12.0 Å². The lowest BCUT2D eigenvalue weighted by molar-refractivity contribution is -0.144. The lowest BCUT2D eigenvalue weighted by Crippen LogP contribution is -2.54. The first-order chi connectivity index (χ1) is 10.9. The third kappa shape index (κ3) is 4.53. The van der Waals surface area contributed by atoms with Crippen molar-refractivity contribution in [2.75, 3.05) is 24.5 Å². The molecule has 23 heavy (non-hydrogen) atoms. The minimum atomic E-state index is -0.657. The average molecular weight is 319 g/mol. The highest BCUT2D eigenvalue weighted by atomic mass is 16.5. The van der Waals surface area contributed by atoms with Crippen LogP contribution in [0.1, 0.15) is 20.8 Å². The number of carbonyl (C=O) groups excluding carboxylic acids is 2. The van der Waals surface area contributed by atoms with E-state index in [1.54, 1.807) is 4.90 Å². The van der Waals surface area contributed by atoms with Crippen LogP contribution in [0.3, 0.4) is 0 Å². The number of nitrogens with two attached hydrogens (primary N) is 1. The molecule has 6 nitrogen and oxygen atoms in total. The molecule has 1 aromatic carbocycles. The summed E-state index contributed by atoms with van der Waals surface area (Å²) in [4.78, 5) is 27.8. The van der Waals surface area contributed by atoms with Gasteiger partial charge >= 0.3 is 0 Å². The molecule has 1 unspecified atom stereocenters. The average Bonchev–Trinajstić information content (AvgIpc) is 2.47. The summed E-state index contributed by atoms with van der Waals surface area (Å²) in [5, 5.41) is 0. The lowest BCUT2D eigenvalue weighted by atomic mass is 10.2. The maximum Gasteiger partial charge on any atom is 0.247 e. The Morgan fingerprint density at radius 2 is 1.96 bits per heavy atom. The molecule has 2 N–H and O–H groups in total. The van der Waals surface area contributed by atoms with E-state index in [1.165, 1.54) is 0 Å². The number of benzene rings is 1. The van der Waals surface area contributed by atoms with E-state index in [0.717, 1.165) is 5.69 Å². The Kier molecular flexibility index (Phi) is 5.74. The van der Waals surface area contributed by atoms with Crippen molar-refractivity contribution in [1.29, 1.82) is 0 Å². The molecule has 1 saturated heterocycles. The first kappa shape index (κ1) is 17.4. The topological polar surface area (TPSA) is 75.9 Å². The number of hydrogen-bond donors (Lipinski definition) is 1. The molecule has 1 fully saturated rings. The second-order valence-corrected chi connectivity index (χ2v) is 6.22. The fourth-order valence-corrected chi connectivity index (χ4v) is 2.91. The van der Waals surface area contributed by atoms with Gasteiger partial charge in [-0.3, -0.25) is 14.5 Å². The summed E-state index contributed by atoms with van der Waals surface area (Å²) in [6.45, 7) is 7.05. The van der Waals surface area contributed by atoms with Gasteiger partial charge in [0.1, 0.15) is 6.10 Å². The predicted molar refractivity (Wildman–Crippen MR) is 89.0 cm³/mol. The number of primary amides is 1. The van der Waals surface area contributed by atoms with E-state index in [-0.39, 0.29) is 24.6 Å². The van der Waals surface area contributed by atoms with Crippen LogP contribution in [0.25, 0.3) is 0 Å². The maximum atomic E-state index is 12.8. The normalized spacial score (nSPS) is 22.1. The summed E-state index contributed by atoms with van der Waals surface area (Å²) in [7, 11) is 0. The fourth-order valence-electron chi connectivity index (χ4n) is 2.91. The van der Waals surface area contributed by atoms with Crippen LogP contribution in [-0.2, 0) is 14.3 Å². The highest BCUT2D eigenvalue weighted by Crippen LogP contribution is 2.18. The van der Waals surface area contributed by atoms with Crippen molar-refractivity contribution in [3.05, 3.63) is 30.3 Å². The van der Waals surface area contributed by atoms with Gasteiger partial charge in [0, 0.05) is 24.8 Å².